The molecule has 3 atom stereocenters. The number of ether oxygens (including phenoxy) is 1. The maximum absolute atomic E-state index is 12.5. The zero-order valence-corrected chi connectivity index (χ0v) is 14.6. The molecule has 8 nitrogen and oxygen atoms in total. The van der Waals surface area contributed by atoms with Crippen LogP contribution in [0.4, 0.5) is 5.69 Å². The van der Waals surface area contributed by atoms with Crippen LogP contribution in [-0.2, 0) is 14.3 Å². The van der Waals surface area contributed by atoms with E-state index in [0.29, 0.717) is 5.75 Å². The van der Waals surface area contributed by atoms with Crippen LogP contribution < -0.4 is 0 Å². The molecule has 0 aliphatic carbocycles. The molecule has 0 N–H and O–H groups in total. The van der Waals surface area contributed by atoms with E-state index in [9.17, 15) is 25.0 Å². The number of amides is 1. The molecule has 2 rings (SSSR count). The molecule has 0 fully saturated rings. The van der Waals surface area contributed by atoms with E-state index in [-0.39, 0.29) is 16.3 Å². The Morgan fingerprint density at radius 3 is 2.81 bits per heavy atom. The Balaban J connectivity index is 2.67. The Hall–Kier alpha value is -2.99. The van der Waals surface area contributed by atoms with Gasteiger partial charge in [0.1, 0.15) is 11.8 Å². The van der Waals surface area contributed by atoms with E-state index in [0.717, 1.165) is 18.9 Å². The fourth-order valence-corrected chi connectivity index (χ4v) is 3.64. The average molecular weight is 373 g/mol. The second-order valence-corrected chi connectivity index (χ2v) is 6.38. The summed E-state index contributed by atoms with van der Waals surface area (Å²) in [6.45, 7) is 3.58. The van der Waals surface area contributed by atoms with Crippen molar-refractivity contribution in [3.8, 4) is 6.07 Å². The minimum Gasteiger partial charge on any atom is -0.468 e. The normalized spacial score (nSPS) is 22.1. The zero-order valence-electron chi connectivity index (χ0n) is 13.8. The molecule has 0 saturated carbocycles. The number of benzene rings is 1. The minimum atomic E-state index is -1.42. The summed E-state index contributed by atoms with van der Waals surface area (Å²) in [5.74, 6) is -4.74. The molecular weight excluding hydrogens is 358 g/mol. The molecule has 1 aliphatic heterocycles. The third-order valence-corrected chi connectivity index (χ3v) is 4.95. The second-order valence-electron chi connectivity index (χ2n) is 5.34. The molecule has 1 aliphatic rings. The van der Waals surface area contributed by atoms with Gasteiger partial charge in [0.2, 0.25) is 0 Å². The highest BCUT2D eigenvalue weighted by Gasteiger charge is 2.49. The molecule has 26 heavy (non-hydrogen) atoms. The number of carbonyl (C=O) groups excluding carboxylic acids is 2. The van der Waals surface area contributed by atoms with E-state index in [4.69, 9.17) is 4.74 Å². The number of hydrogen-bond donors (Lipinski definition) is 0. The molecule has 9 heteroatoms. The summed E-state index contributed by atoms with van der Waals surface area (Å²) < 4.78 is 4.69. The van der Waals surface area contributed by atoms with Gasteiger partial charge < -0.3 is 4.74 Å². The SMILES string of the molecule is C=CCSC1=NC(=O)C(C(=O)OC)C(c2ccccc2[N+](=O)[O-])C1C#N. The highest BCUT2D eigenvalue weighted by atomic mass is 32.2. The molecule has 134 valence electrons. The molecule has 1 aromatic rings. The number of nitro benzene ring substituents is 1. The third kappa shape index (κ3) is 3.65. The van der Waals surface area contributed by atoms with E-state index in [1.807, 2.05) is 6.07 Å². The number of nitriles is 1. The summed E-state index contributed by atoms with van der Waals surface area (Å²) >= 11 is 1.13. The number of aliphatic imine (C=N–C) groups is 1. The molecule has 0 spiro atoms. The predicted molar refractivity (Wildman–Crippen MR) is 95.5 cm³/mol. The number of nitrogens with zero attached hydrogens (tertiary/aromatic N) is 3. The first kappa shape index (κ1) is 19.3. The Kier molecular flexibility index (Phi) is 6.25. The van der Waals surface area contributed by atoms with E-state index >= 15 is 0 Å². The fraction of sp³-hybridized carbons (Fsp3) is 0.294. The van der Waals surface area contributed by atoms with Crippen LogP contribution in [0.1, 0.15) is 11.5 Å². The van der Waals surface area contributed by atoms with Gasteiger partial charge in [-0.15, -0.1) is 18.3 Å². The fourth-order valence-electron chi connectivity index (χ4n) is 2.82. The van der Waals surface area contributed by atoms with E-state index in [1.165, 1.54) is 18.2 Å². The molecule has 1 heterocycles. The van der Waals surface area contributed by atoms with Gasteiger partial charge in [-0.2, -0.15) is 5.26 Å². The Morgan fingerprint density at radius 2 is 2.23 bits per heavy atom. The maximum atomic E-state index is 12.5. The topological polar surface area (TPSA) is 123 Å². The molecular formula is C17H15N3O5S. The largest absolute Gasteiger partial charge is 0.468 e. The number of thioether (sulfide) groups is 1. The van der Waals surface area contributed by atoms with Crippen molar-refractivity contribution in [2.24, 2.45) is 16.8 Å². The number of para-hydroxylation sites is 1. The summed E-state index contributed by atoms with van der Waals surface area (Å²) in [7, 11) is 1.11. The van der Waals surface area contributed by atoms with Gasteiger partial charge in [-0.3, -0.25) is 19.7 Å². The molecule has 0 radical (unpaired) electrons. The minimum absolute atomic E-state index is 0.124. The first-order valence-corrected chi connectivity index (χ1v) is 8.51. The van der Waals surface area contributed by atoms with Crippen molar-refractivity contribution in [2.75, 3.05) is 12.9 Å². The number of nitro groups is 1. The van der Waals surface area contributed by atoms with Crippen LogP contribution in [0, 0.1) is 33.3 Å². The number of rotatable bonds is 5. The van der Waals surface area contributed by atoms with Crippen molar-refractivity contribution in [1.82, 2.24) is 0 Å². The number of methoxy groups -OCH3 is 1. The quantitative estimate of drug-likeness (QED) is 0.255. The van der Waals surface area contributed by atoms with Crippen molar-refractivity contribution in [1.29, 1.82) is 5.26 Å². The smallest absolute Gasteiger partial charge is 0.319 e. The monoisotopic (exact) mass is 373 g/mol. The summed E-state index contributed by atoms with van der Waals surface area (Å²) in [6.07, 6.45) is 1.58. The van der Waals surface area contributed by atoms with Crippen LogP contribution in [0.15, 0.2) is 41.9 Å². The van der Waals surface area contributed by atoms with Crippen LogP contribution in [0.25, 0.3) is 0 Å². The van der Waals surface area contributed by atoms with Crippen molar-refractivity contribution < 1.29 is 19.2 Å². The van der Waals surface area contributed by atoms with E-state index < -0.39 is 34.6 Å². The van der Waals surface area contributed by atoms with E-state index in [2.05, 4.69) is 11.6 Å². The Labute approximate surface area is 153 Å². The molecule has 0 saturated heterocycles. The standard InChI is InChI=1S/C17H15N3O5S/c1-3-8-26-16-11(9-18)13(14(15(21)19-16)17(22)25-2)10-6-4-5-7-12(10)20(23)24/h3-7,11,13-14H,1,8H2,2H3. The predicted octanol–water partition coefficient (Wildman–Crippen LogP) is 2.47. The average Bonchev–Trinajstić information content (AvgIpc) is 2.64. The van der Waals surface area contributed by atoms with Crippen molar-refractivity contribution >= 4 is 34.4 Å². The number of esters is 1. The Morgan fingerprint density at radius 1 is 1.54 bits per heavy atom. The van der Waals surface area contributed by atoms with Crippen LogP contribution >= 0.6 is 11.8 Å². The lowest BCUT2D eigenvalue weighted by atomic mass is 9.75. The maximum Gasteiger partial charge on any atom is 0.319 e. The molecule has 0 aromatic heterocycles. The van der Waals surface area contributed by atoms with Crippen LogP contribution in [-0.4, -0.2) is 34.7 Å². The van der Waals surface area contributed by atoms with Crippen molar-refractivity contribution in [3.05, 3.63) is 52.6 Å². The lowest BCUT2D eigenvalue weighted by molar-refractivity contribution is -0.385. The summed E-state index contributed by atoms with van der Waals surface area (Å²) in [4.78, 5) is 39.4. The van der Waals surface area contributed by atoms with Gasteiger partial charge in [0, 0.05) is 23.3 Å². The molecule has 0 bridgehead atoms. The molecule has 3 unspecified atom stereocenters. The first-order valence-electron chi connectivity index (χ1n) is 7.53. The van der Waals surface area contributed by atoms with Crippen LogP contribution in [0.5, 0.6) is 0 Å². The van der Waals surface area contributed by atoms with Gasteiger partial charge in [-0.25, -0.2) is 4.99 Å². The first-order chi connectivity index (χ1) is 12.5. The number of carbonyl (C=O) groups is 2. The van der Waals surface area contributed by atoms with Gasteiger partial charge >= 0.3 is 5.97 Å². The summed E-state index contributed by atoms with van der Waals surface area (Å²) in [6, 6.07) is 7.78. The zero-order chi connectivity index (χ0) is 19.3. The Bertz CT molecular complexity index is 830. The number of hydrogen-bond acceptors (Lipinski definition) is 7. The van der Waals surface area contributed by atoms with Gasteiger partial charge in [0.25, 0.3) is 11.6 Å². The lowest BCUT2D eigenvalue weighted by Gasteiger charge is -2.31. The van der Waals surface area contributed by atoms with Gasteiger partial charge in [-0.1, -0.05) is 24.3 Å². The van der Waals surface area contributed by atoms with Gasteiger partial charge in [0.05, 0.1) is 23.1 Å². The van der Waals surface area contributed by atoms with E-state index in [1.54, 1.807) is 12.1 Å². The lowest BCUT2D eigenvalue weighted by Crippen LogP contribution is -2.40. The summed E-state index contributed by atoms with van der Waals surface area (Å²) in [5, 5.41) is 21.3. The molecule has 1 aromatic carbocycles. The third-order valence-electron chi connectivity index (χ3n) is 3.91. The van der Waals surface area contributed by atoms with Crippen LogP contribution in [0.2, 0.25) is 0 Å². The highest BCUT2D eigenvalue weighted by molar-refractivity contribution is 8.14. The van der Waals surface area contributed by atoms with Crippen molar-refractivity contribution in [2.45, 2.75) is 5.92 Å². The highest BCUT2D eigenvalue weighted by Crippen LogP contribution is 2.43. The van der Waals surface area contributed by atoms with Crippen molar-refractivity contribution in [3.63, 3.8) is 0 Å². The second kappa shape index (κ2) is 8.40. The van der Waals surface area contributed by atoms with Gasteiger partial charge in [0.15, 0.2) is 0 Å². The van der Waals surface area contributed by atoms with Crippen LogP contribution in [0.3, 0.4) is 0 Å². The molecule has 1 amide bonds. The van der Waals surface area contributed by atoms with Gasteiger partial charge in [-0.05, 0) is 0 Å². The summed E-state index contributed by atoms with van der Waals surface area (Å²) in [5.41, 5.74) is -0.145.